The van der Waals surface area contributed by atoms with Crippen LogP contribution in [0.5, 0.6) is 0 Å². The number of anilines is 1. The molecule has 1 fully saturated rings. The molecule has 1 aliphatic heterocycles. The van der Waals surface area contributed by atoms with Crippen molar-refractivity contribution in [3.63, 3.8) is 0 Å². The van der Waals surface area contributed by atoms with E-state index in [9.17, 15) is 9.59 Å². The van der Waals surface area contributed by atoms with Crippen LogP contribution in [0, 0.1) is 0 Å². The van der Waals surface area contributed by atoms with Crippen LogP contribution in [0.15, 0.2) is 11.1 Å². The molecule has 20 heavy (non-hydrogen) atoms. The summed E-state index contributed by atoms with van der Waals surface area (Å²) in [6, 6.07) is -0.240. The first kappa shape index (κ1) is 12.5. The van der Waals surface area contributed by atoms with E-state index >= 15 is 0 Å². The third-order valence-corrected chi connectivity index (χ3v) is 3.57. The van der Waals surface area contributed by atoms with Crippen molar-refractivity contribution in [3.8, 4) is 0 Å². The van der Waals surface area contributed by atoms with Crippen molar-refractivity contribution in [1.82, 2.24) is 24.4 Å². The molecule has 9 heteroatoms. The summed E-state index contributed by atoms with van der Waals surface area (Å²) in [7, 11) is 0. The molecule has 0 aliphatic carbocycles. The van der Waals surface area contributed by atoms with Crippen LogP contribution in [0.25, 0.3) is 11.2 Å². The highest BCUT2D eigenvalue weighted by molar-refractivity contribution is 5.81. The summed E-state index contributed by atoms with van der Waals surface area (Å²) in [4.78, 5) is 35.0. The number of fused-ring (bicyclic) bond motifs is 1. The van der Waals surface area contributed by atoms with E-state index in [0.717, 1.165) is 6.42 Å². The molecule has 2 aromatic rings. The van der Waals surface area contributed by atoms with E-state index in [1.807, 2.05) is 0 Å². The highest BCUT2D eigenvalue weighted by atomic mass is 16.4. The smallest absolute Gasteiger partial charge is 0.407 e. The Bertz CT molecular complexity index is 721. The second kappa shape index (κ2) is 4.51. The number of imidazole rings is 1. The largest absolute Gasteiger partial charge is 0.465 e. The number of nitrogen functional groups attached to an aromatic ring is 1. The van der Waals surface area contributed by atoms with Gasteiger partial charge in [-0.1, -0.05) is 0 Å². The average Bonchev–Trinajstić information content (AvgIpc) is 2.77. The van der Waals surface area contributed by atoms with Gasteiger partial charge in [-0.3, -0.25) is 4.57 Å². The van der Waals surface area contributed by atoms with Crippen molar-refractivity contribution < 1.29 is 9.90 Å². The Hall–Kier alpha value is -2.58. The normalized spacial score (nSPS) is 19.4. The Kier molecular flexibility index (Phi) is 2.81. The molecule has 3 heterocycles. The minimum atomic E-state index is -0.975. The summed E-state index contributed by atoms with van der Waals surface area (Å²) in [5.41, 5.74) is 6.17. The zero-order chi connectivity index (χ0) is 14.3. The quantitative estimate of drug-likeness (QED) is 0.674. The van der Waals surface area contributed by atoms with Gasteiger partial charge in [-0.2, -0.15) is 0 Å². The molecule has 4 N–H and O–H groups in total. The van der Waals surface area contributed by atoms with Crippen LogP contribution in [-0.2, 0) is 0 Å². The SMILES string of the molecule is Nc1ncnc2c1[nH]c(=O)n2C1CCCN(C(=O)O)C1. The molecule has 1 aliphatic rings. The van der Waals surface area contributed by atoms with Gasteiger partial charge in [0.25, 0.3) is 0 Å². The van der Waals surface area contributed by atoms with E-state index in [0.29, 0.717) is 24.1 Å². The van der Waals surface area contributed by atoms with Crippen LogP contribution < -0.4 is 11.4 Å². The minimum Gasteiger partial charge on any atom is -0.465 e. The first-order valence-corrected chi connectivity index (χ1v) is 6.26. The average molecular weight is 278 g/mol. The summed E-state index contributed by atoms with van der Waals surface area (Å²) in [5.74, 6) is 0.205. The van der Waals surface area contributed by atoms with Crippen LogP contribution in [-0.4, -0.2) is 48.7 Å². The van der Waals surface area contributed by atoms with Gasteiger partial charge >= 0.3 is 11.8 Å². The molecule has 106 valence electrons. The maximum atomic E-state index is 12.1. The lowest BCUT2D eigenvalue weighted by Crippen LogP contribution is -2.41. The lowest BCUT2D eigenvalue weighted by molar-refractivity contribution is 0.121. The fourth-order valence-electron chi connectivity index (χ4n) is 2.63. The van der Waals surface area contributed by atoms with Crippen LogP contribution >= 0.6 is 0 Å². The topological polar surface area (TPSA) is 130 Å². The number of nitrogens with two attached hydrogens (primary N) is 1. The van der Waals surface area contributed by atoms with Crippen LogP contribution in [0.2, 0.25) is 0 Å². The zero-order valence-corrected chi connectivity index (χ0v) is 10.6. The standard InChI is InChI=1S/C11H14N6O3/c12-8-7-9(14-5-13-8)17(10(18)15-7)6-2-1-3-16(4-6)11(19)20/h5-6H,1-4H2,(H,15,18)(H,19,20)(H2,12,13,14). The number of amides is 1. The van der Waals surface area contributed by atoms with E-state index in [1.165, 1.54) is 15.8 Å². The minimum absolute atomic E-state index is 0.205. The second-order valence-electron chi connectivity index (χ2n) is 4.78. The number of nitrogens with zero attached hydrogens (tertiary/aromatic N) is 4. The molecule has 3 rings (SSSR count). The molecule has 1 amide bonds. The number of aromatic amines is 1. The first-order valence-electron chi connectivity index (χ1n) is 6.26. The maximum absolute atomic E-state index is 12.1. The summed E-state index contributed by atoms with van der Waals surface area (Å²) in [5, 5.41) is 9.07. The van der Waals surface area contributed by atoms with Crippen molar-refractivity contribution >= 4 is 23.1 Å². The molecule has 0 radical (unpaired) electrons. The lowest BCUT2D eigenvalue weighted by atomic mass is 10.1. The molecule has 1 atom stereocenters. The molecule has 0 aromatic carbocycles. The van der Waals surface area contributed by atoms with Crippen LogP contribution in [0.4, 0.5) is 10.6 Å². The van der Waals surface area contributed by atoms with Crippen LogP contribution in [0.1, 0.15) is 18.9 Å². The Labute approximate surface area is 113 Å². The summed E-state index contributed by atoms with van der Waals surface area (Å²) < 4.78 is 1.47. The van der Waals surface area contributed by atoms with Crippen molar-refractivity contribution in [2.24, 2.45) is 0 Å². The molecular weight excluding hydrogens is 264 g/mol. The number of hydrogen-bond donors (Lipinski definition) is 3. The van der Waals surface area contributed by atoms with Crippen molar-refractivity contribution in [2.75, 3.05) is 18.8 Å². The number of carbonyl (C=O) groups is 1. The van der Waals surface area contributed by atoms with Gasteiger partial charge in [0.15, 0.2) is 11.5 Å². The van der Waals surface area contributed by atoms with Gasteiger partial charge < -0.3 is 20.7 Å². The number of rotatable bonds is 1. The van der Waals surface area contributed by atoms with Gasteiger partial charge in [-0.15, -0.1) is 0 Å². The third kappa shape index (κ3) is 1.87. The van der Waals surface area contributed by atoms with E-state index in [1.54, 1.807) is 0 Å². The van der Waals surface area contributed by atoms with Gasteiger partial charge in [-0.25, -0.2) is 19.6 Å². The third-order valence-electron chi connectivity index (χ3n) is 3.57. The molecule has 0 bridgehead atoms. The van der Waals surface area contributed by atoms with Crippen LogP contribution in [0.3, 0.4) is 0 Å². The zero-order valence-electron chi connectivity index (χ0n) is 10.6. The van der Waals surface area contributed by atoms with E-state index in [-0.39, 0.29) is 24.1 Å². The molecule has 0 saturated carbocycles. The second-order valence-corrected chi connectivity index (χ2v) is 4.78. The van der Waals surface area contributed by atoms with E-state index < -0.39 is 6.09 Å². The van der Waals surface area contributed by atoms with E-state index in [2.05, 4.69) is 15.0 Å². The molecule has 2 aromatic heterocycles. The van der Waals surface area contributed by atoms with Crippen molar-refractivity contribution in [3.05, 3.63) is 16.8 Å². The monoisotopic (exact) mass is 278 g/mol. The fraction of sp³-hybridized carbons (Fsp3) is 0.455. The lowest BCUT2D eigenvalue weighted by Gasteiger charge is -2.31. The van der Waals surface area contributed by atoms with Gasteiger partial charge in [0, 0.05) is 13.1 Å². The highest BCUT2D eigenvalue weighted by Gasteiger charge is 2.27. The number of piperidine rings is 1. The molecular formula is C11H14N6O3. The predicted octanol–water partition coefficient (Wildman–Crippen LogP) is 0.0167. The Morgan fingerprint density at radius 1 is 1.50 bits per heavy atom. The van der Waals surface area contributed by atoms with Crippen molar-refractivity contribution in [2.45, 2.75) is 18.9 Å². The first-order chi connectivity index (χ1) is 9.58. The number of H-pyrrole nitrogens is 1. The van der Waals surface area contributed by atoms with Gasteiger partial charge in [0.1, 0.15) is 11.8 Å². The molecule has 9 nitrogen and oxygen atoms in total. The Morgan fingerprint density at radius 3 is 3.05 bits per heavy atom. The number of hydrogen-bond acceptors (Lipinski definition) is 5. The molecule has 1 unspecified atom stereocenters. The number of aromatic nitrogens is 4. The summed E-state index contributed by atoms with van der Waals surface area (Å²) >= 11 is 0. The fourth-order valence-corrected chi connectivity index (χ4v) is 2.63. The highest BCUT2D eigenvalue weighted by Crippen LogP contribution is 2.24. The van der Waals surface area contributed by atoms with Gasteiger partial charge in [0.05, 0.1) is 6.04 Å². The van der Waals surface area contributed by atoms with E-state index in [4.69, 9.17) is 10.8 Å². The number of nitrogens with one attached hydrogen (secondary N) is 1. The van der Waals surface area contributed by atoms with Gasteiger partial charge in [0.2, 0.25) is 0 Å². The Morgan fingerprint density at radius 2 is 2.30 bits per heavy atom. The summed E-state index contributed by atoms with van der Waals surface area (Å²) in [6.45, 7) is 0.756. The summed E-state index contributed by atoms with van der Waals surface area (Å²) in [6.07, 6.45) is 1.74. The van der Waals surface area contributed by atoms with Crippen molar-refractivity contribution in [1.29, 1.82) is 0 Å². The number of likely N-dealkylation sites (tertiary alicyclic amines) is 1. The number of carboxylic acid groups (broad SMARTS) is 1. The van der Waals surface area contributed by atoms with Gasteiger partial charge in [-0.05, 0) is 12.8 Å². The molecule has 1 saturated heterocycles. The molecule has 0 spiro atoms. The Balaban J connectivity index is 2.06. The maximum Gasteiger partial charge on any atom is 0.407 e. The predicted molar refractivity (Wildman–Crippen MR) is 70.4 cm³/mol.